The van der Waals surface area contributed by atoms with Gasteiger partial charge in [-0.2, -0.15) is 0 Å². The molecule has 0 aliphatic rings. The summed E-state index contributed by atoms with van der Waals surface area (Å²) in [5.41, 5.74) is 3.66. The highest BCUT2D eigenvalue weighted by atomic mass is 35.5. The van der Waals surface area contributed by atoms with Crippen LogP contribution in [0.15, 0.2) is 42.7 Å². The van der Waals surface area contributed by atoms with E-state index in [-0.39, 0.29) is 6.04 Å². The van der Waals surface area contributed by atoms with Crippen LogP contribution >= 0.6 is 11.6 Å². The first-order valence-electron chi connectivity index (χ1n) is 6.03. The quantitative estimate of drug-likeness (QED) is 0.910. The van der Waals surface area contributed by atoms with Gasteiger partial charge in [0.25, 0.3) is 0 Å². The van der Waals surface area contributed by atoms with Crippen molar-refractivity contribution in [1.82, 2.24) is 10.3 Å². The number of benzene rings is 1. The van der Waals surface area contributed by atoms with Gasteiger partial charge in [-0.1, -0.05) is 23.7 Å². The molecule has 18 heavy (non-hydrogen) atoms. The second kappa shape index (κ2) is 5.98. The van der Waals surface area contributed by atoms with Crippen molar-refractivity contribution in [2.45, 2.75) is 19.4 Å². The molecule has 2 rings (SSSR count). The Morgan fingerprint density at radius 1 is 1.22 bits per heavy atom. The first kappa shape index (κ1) is 13.1. The van der Waals surface area contributed by atoms with Gasteiger partial charge >= 0.3 is 0 Å². The highest BCUT2D eigenvalue weighted by Gasteiger charge is 2.13. The van der Waals surface area contributed by atoms with Crippen LogP contribution in [0.1, 0.15) is 22.7 Å². The van der Waals surface area contributed by atoms with E-state index < -0.39 is 0 Å². The molecular weight excluding hydrogens is 244 g/mol. The van der Waals surface area contributed by atoms with Gasteiger partial charge in [-0.25, -0.2) is 0 Å². The van der Waals surface area contributed by atoms with Crippen molar-refractivity contribution in [2.75, 3.05) is 7.05 Å². The molecule has 0 radical (unpaired) electrons. The summed E-state index contributed by atoms with van der Waals surface area (Å²) in [6, 6.07) is 10.4. The Morgan fingerprint density at radius 3 is 2.61 bits per heavy atom. The molecule has 2 nitrogen and oxygen atoms in total. The Kier molecular flexibility index (Phi) is 4.34. The summed E-state index contributed by atoms with van der Waals surface area (Å²) in [4.78, 5) is 4.04. The Morgan fingerprint density at radius 2 is 1.94 bits per heavy atom. The number of halogens is 1. The zero-order valence-corrected chi connectivity index (χ0v) is 11.4. The lowest BCUT2D eigenvalue weighted by atomic mass is 9.96. The lowest BCUT2D eigenvalue weighted by molar-refractivity contribution is 0.588. The molecule has 3 heteroatoms. The first-order valence-corrected chi connectivity index (χ1v) is 6.41. The maximum Gasteiger partial charge on any atom is 0.0438 e. The number of aromatic nitrogens is 1. The highest BCUT2D eigenvalue weighted by Crippen LogP contribution is 2.26. The van der Waals surface area contributed by atoms with E-state index in [4.69, 9.17) is 11.6 Å². The Balaban J connectivity index is 2.26. The molecular formula is C15H17ClN2. The van der Waals surface area contributed by atoms with E-state index in [2.05, 4.69) is 23.3 Å². The summed E-state index contributed by atoms with van der Waals surface area (Å²) < 4.78 is 0. The fraction of sp³-hybridized carbons (Fsp3) is 0.267. The number of pyridine rings is 1. The fourth-order valence-electron chi connectivity index (χ4n) is 2.12. The van der Waals surface area contributed by atoms with Crippen LogP contribution in [0.25, 0.3) is 0 Å². The molecule has 0 spiro atoms. The van der Waals surface area contributed by atoms with Crippen LogP contribution in [0.5, 0.6) is 0 Å². The van der Waals surface area contributed by atoms with Crippen LogP contribution in [-0.4, -0.2) is 12.0 Å². The van der Waals surface area contributed by atoms with E-state index in [1.165, 1.54) is 11.1 Å². The van der Waals surface area contributed by atoms with Gasteiger partial charge in [0.1, 0.15) is 0 Å². The number of nitrogens with zero attached hydrogens (tertiary/aromatic N) is 1. The number of likely N-dealkylation sites (N-methyl/N-ethyl adjacent to an activating group) is 1. The summed E-state index contributed by atoms with van der Waals surface area (Å²) in [6.45, 7) is 2.06. The topological polar surface area (TPSA) is 24.9 Å². The van der Waals surface area contributed by atoms with Crippen molar-refractivity contribution in [1.29, 1.82) is 0 Å². The van der Waals surface area contributed by atoms with E-state index in [0.29, 0.717) is 0 Å². The minimum atomic E-state index is 0.270. The van der Waals surface area contributed by atoms with E-state index >= 15 is 0 Å². The molecule has 0 saturated heterocycles. The average molecular weight is 261 g/mol. The minimum Gasteiger partial charge on any atom is -0.313 e. The SMILES string of the molecule is CNC(Cc1ccncc1)c1cccc(Cl)c1C. The second-order valence-corrected chi connectivity index (χ2v) is 4.76. The van der Waals surface area contributed by atoms with Crippen LogP contribution in [0.2, 0.25) is 5.02 Å². The van der Waals surface area contributed by atoms with Crippen molar-refractivity contribution in [3.63, 3.8) is 0 Å². The molecule has 94 valence electrons. The fourth-order valence-corrected chi connectivity index (χ4v) is 2.31. The highest BCUT2D eigenvalue weighted by molar-refractivity contribution is 6.31. The largest absolute Gasteiger partial charge is 0.313 e. The molecule has 1 N–H and O–H groups in total. The van der Waals surface area contributed by atoms with Gasteiger partial charge in [0.2, 0.25) is 0 Å². The lowest BCUT2D eigenvalue weighted by Gasteiger charge is -2.19. The molecule has 1 aromatic carbocycles. The molecule has 0 bridgehead atoms. The standard InChI is InChI=1S/C15H17ClN2/c1-11-13(4-3-5-14(11)16)15(17-2)10-12-6-8-18-9-7-12/h3-9,15,17H,10H2,1-2H3. The minimum absolute atomic E-state index is 0.270. The predicted molar refractivity (Wildman–Crippen MR) is 75.9 cm³/mol. The Labute approximate surface area is 113 Å². The van der Waals surface area contributed by atoms with Crippen molar-refractivity contribution >= 4 is 11.6 Å². The summed E-state index contributed by atoms with van der Waals surface area (Å²) in [5, 5.41) is 4.18. The predicted octanol–water partition coefficient (Wildman–Crippen LogP) is 3.55. The van der Waals surface area contributed by atoms with Gasteiger partial charge in [0, 0.05) is 23.5 Å². The van der Waals surface area contributed by atoms with Crippen molar-refractivity contribution < 1.29 is 0 Å². The molecule has 0 saturated carbocycles. The second-order valence-electron chi connectivity index (χ2n) is 4.35. The summed E-state index contributed by atoms with van der Waals surface area (Å²) in [7, 11) is 1.98. The van der Waals surface area contributed by atoms with Crippen molar-refractivity contribution in [2.24, 2.45) is 0 Å². The van der Waals surface area contributed by atoms with Crippen molar-refractivity contribution in [3.8, 4) is 0 Å². The molecule has 1 atom stereocenters. The van der Waals surface area contributed by atoms with Crippen LogP contribution in [0.3, 0.4) is 0 Å². The molecule has 1 aromatic heterocycles. The van der Waals surface area contributed by atoms with Gasteiger partial charge in [-0.05, 0) is 55.3 Å². The summed E-state index contributed by atoms with van der Waals surface area (Å²) >= 11 is 6.18. The summed E-state index contributed by atoms with van der Waals surface area (Å²) in [5.74, 6) is 0. The van der Waals surface area contributed by atoms with Gasteiger partial charge < -0.3 is 5.32 Å². The third kappa shape index (κ3) is 2.89. The lowest BCUT2D eigenvalue weighted by Crippen LogP contribution is -2.19. The number of nitrogens with one attached hydrogen (secondary N) is 1. The van der Waals surface area contributed by atoms with Crippen molar-refractivity contribution in [3.05, 3.63) is 64.4 Å². The number of hydrogen-bond donors (Lipinski definition) is 1. The van der Waals surface area contributed by atoms with Gasteiger partial charge in [-0.15, -0.1) is 0 Å². The van der Waals surface area contributed by atoms with Crippen LogP contribution in [0, 0.1) is 6.92 Å². The van der Waals surface area contributed by atoms with E-state index in [1.807, 2.05) is 43.7 Å². The monoisotopic (exact) mass is 260 g/mol. The Bertz CT molecular complexity index is 511. The molecule has 0 fully saturated rings. The third-order valence-electron chi connectivity index (χ3n) is 3.22. The van der Waals surface area contributed by atoms with Crippen LogP contribution < -0.4 is 5.32 Å². The smallest absolute Gasteiger partial charge is 0.0438 e. The number of rotatable bonds is 4. The third-order valence-corrected chi connectivity index (χ3v) is 3.63. The normalized spacial score (nSPS) is 12.4. The Hall–Kier alpha value is -1.38. The maximum absolute atomic E-state index is 6.18. The summed E-state index contributed by atoms with van der Waals surface area (Å²) in [6.07, 6.45) is 4.58. The first-order chi connectivity index (χ1) is 8.72. The molecule has 1 unspecified atom stereocenters. The van der Waals surface area contributed by atoms with E-state index in [9.17, 15) is 0 Å². The maximum atomic E-state index is 6.18. The van der Waals surface area contributed by atoms with Gasteiger partial charge in [-0.3, -0.25) is 4.98 Å². The molecule has 0 aliphatic heterocycles. The zero-order valence-electron chi connectivity index (χ0n) is 10.7. The average Bonchev–Trinajstić information content (AvgIpc) is 2.41. The molecule has 0 aliphatic carbocycles. The van der Waals surface area contributed by atoms with Crippen LogP contribution in [-0.2, 0) is 6.42 Å². The number of hydrogen-bond acceptors (Lipinski definition) is 2. The van der Waals surface area contributed by atoms with E-state index in [0.717, 1.165) is 17.0 Å². The van der Waals surface area contributed by atoms with Gasteiger partial charge in [0.15, 0.2) is 0 Å². The molecule has 0 amide bonds. The molecule has 2 aromatic rings. The van der Waals surface area contributed by atoms with E-state index in [1.54, 1.807) is 0 Å². The molecule has 1 heterocycles. The van der Waals surface area contributed by atoms with Gasteiger partial charge in [0.05, 0.1) is 0 Å². The van der Waals surface area contributed by atoms with Crippen LogP contribution in [0.4, 0.5) is 0 Å². The zero-order chi connectivity index (χ0) is 13.0.